The van der Waals surface area contributed by atoms with Gasteiger partial charge in [-0.05, 0) is 62.1 Å². The predicted molar refractivity (Wildman–Crippen MR) is 112 cm³/mol. The van der Waals surface area contributed by atoms with E-state index in [-0.39, 0.29) is 11.6 Å². The molecular weight excluding hydrogens is 383 g/mol. The van der Waals surface area contributed by atoms with Crippen molar-refractivity contribution in [2.45, 2.75) is 38.5 Å². The highest BCUT2D eigenvalue weighted by Gasteiger charge is 2.14. The summed E-state index contributed by atoms with van der Waals surface area (Å²) in [5.74, 6) is 1.34. The highest BCUT2D eigenvalue weighted by molar-refractivity contribution is 6.18. The molecule has 0 saturated heterocycles. The van der Waals surface area contributed by atoms with Crippen molar-refractivity contribution in [1.29, 1.82) is 0 Å². The molecule has 0 saturated carbocycles. The summed E-state index contributed by atoms with van der Waals surface area (Å²) in [4.78, 5) is 24.8. The number of ketones is 2. The first-order valence-electron chi connectivity index (χ1n) is 9.28. The predicted octanol–water partition coefficient (Wildman–Crippen LogP) is 6.77. The molecule has 0 aliphatic rings. The van der Waals surface area contributed by atoms with Crippen molar-refractivity contribution in [2.75, 3.05) is 11.8 Å². The van der Waals surface area contributed by atoms with E-state index in [0.29, 0.717) is 46.9 Å². The van der Waals surface area contributed by atoms with Gasteiger partial charge in [-0.2, -0.15) is 0 Å². The van der Waals surface area contributed by atoms with Crippen LogP contribution in [0.25, 0.3) is 21.9 Å². The number of carbonyl (C=O) groups is 2. The second kappa shape index (κ2) is 9.38. The van der Waals surface area contributed by atoms with Crippen LogP contribution in [0.4, 0.5) is 0 Å². The molecule has 0 aliphatic heterocycles. The number of halogens is 2. The molecule has 0 unspecified atom stereocenters. The molecule has 1 heterocycles. The van der Waals surface area contributed by atoms with Crippen LogP contribution in [0.2, 0.25) is 0 Å². The fourth-order valence-corrected chi connectivity index (χ4v) is 3.55. The summed E-state index contributed by atoms with van der Waals surface area (Å²) in [6, 6.07) is 11.0. The molecule has 0 bridgehead atoms. The van der Waals surface area contributed by atoms with Gasteiger partial charge < -0.3 is 4.42 Å². The minimum absolute atomic E-state index is 0.102. The Morgan fingerprint density at radius 2 is 1.15 bits per heavy atom. The molecule has 0 N–H and O–H groups in total. The van der Waals surface area contributed by atoms with Crippen molar-refractivity contribution in [3.8, 4) is 0 Å². The molecule has 0 amide bonds. The van der Waals surface area contributed by atoms with Crippen molar-refractivity contribution in [3.05, 3.63) is 47.5 Å². The average molecular weight is 405 g/mol. The zero-order valence-electron chi connectivity index (χ0n) is 15.1. The van der Waals surface area contributed by atoms with Gasteiger partial charge >= 0.3 is 0 Å². The number of alkyl halides is 2. The van der Waals surface area contributed by atoms with Crippen molar-refractivity contribution in [1.82, 2.24) is 0 Å². The fourth-order valence-electron chi connectivity index (χ4n) is 3.17. The average Bonchev–Trinajstić information content (AvgIpc) is 3.05. The minimum Gasteiger partial charge on any atom is -0.456 e. The third-order valence-corrected chi connectivity index (χ3v) is 5.22. The topological polar surface area (TPSA) is 47.3 Å². The largest absolute Gasteiger partial charge is 0.456 e. The van der Waals surface area contributed by atoms with Crippen LogP contribution >= 0.6 is 23.2 Å². The van der Waals surface area contributed by atoms with Gasteiger partial charge in [0.15, 0.2) is 11.6 Å². The lowest BCUT2D eigenvalue weighted by Crippen LogP contribution is -1.99. The standard InChI is InChI=1S/C22H22Cl2O3/c23-11-3-1-5-19(25)15-7-9-21-17(13-15)18-14-16(8-10-22(18)27-21)20(26)6-2-4-12-24/h7-10,13-14H,1-6,11-12H2. The maximum absolute atomic E-state index is 12.4. The Morgan fingerprint density at radius 1 is 0.704 bits per heavy atom. The van der Waals surface area contributed by atoms with Crippen LogP contribution in [0.3, 0.4) is 0 Å². The summed E-state index contributed by atoms with van der Waals surface area (Å²) in [6.07, 6.45) is 4.20. The van der Waals surface area contributed by atoms with Crippen molar-refractivity contribution in [2.24, 2.45) is 0 Å². The van der Waals surface area contributed by atoms with Gasteiger partial charge in [-0.1, -0.05) is 0 Å². The maximum atomic E-state index is 12.4. The highest BCUT2D eigenvalue weighted by atomic mass is 35.5. The van der Waals surface area contributed by atoms with Crippen LogP contribution in [-0.2, 0) is 0 Å². The lowest BCUT2D eigenvalue weighted by molar-refractivity contribution is 0.0972. The Labute approximate surface area is 168 Å². The smallest absolute Gasteiger partial charge is 0.162 e. The molecule has 0 spiro atoms. The van der Waals surface area contributed by atoms with Crippen LogP contribution in [0.1, 0.15) is 59.2 Å². The van der Waals surface area contributed by atoms with E-state index < -0.39 is 0 Å². The molecule has 1 aromatic heterocycles. The number of hydrogen-bond donors (Lipinski definition) is 0. The lowest BCUT2D eigenvalue weighted by Gasteiger charge is -2.02. The third-order valence-electron chi connectivity index (χ3n) is 4.69. The molecule has 27 heavy (non-hydrogen) atoms. The van der Waals surface area contributed by atoms with Crippen LogP contribution in [0.15, 0.2) is 40.8 Å². The Balaban J connectivity index is 1.90. The third kappa shape index (κ3) is 4.72. The van der Waals surface area contributed by atoms with E-state index in [1.165, 1.54) is 0 Å². The van der Waals surface area contributed by atoms with Gasteiger partial charge in [0, 0.05) is 46.5 Å². The molecule has 0 fully saturated rings. The van der Waals surface area contributed by atoms with E-state index in [1.807, 2.05) is 24.3 Å². The molecule has 0 radical (unpaired) electrons. The summed E-state index contributed by atoms with van der Waals surface area (Å²) in [5.41, 5.74) is 2.76. The molecular formula is C22H22Cl2O3. The Bertz CT molecular complexity index is 883. The van der Waals surface area contributed by atoms with Crippen LogP contribution < -0.4 is 0 Å². The summed E-state index contributed by atoms with van der Waals surface area (Å²) >= 11 is 11.4. The molecule has 2 aromatic carbocycles. The fraction of sp³-hybridized carbons (Fsp3) is 0.364. The first-order chi connectivity index (χ1) is 13.1. The van der Waals surface area contributed by atoms with E-state index in [1.54, 1.807) is 12.1 Å². The van der Waals surface area contributed by atoms with Gasteiger partial charge in [0.2, 0.25) is 0 Å². The summed E-state index contributed by atoms with van der Waals surface area (Å²) < 4.78 is 5.86. The van der Waals surface area contributed by atoms with Crippen molar-refractivity contribution in [3.63, 3.8) is 0 Å². The zero-order chi connectivity index (χ0) is 19.2. The van der Waals surface area contributed by atoms with Crippen LogP contribution in [0.5, 0.6) is 0 Å². The first-order valence-corrected chi connectivity index (χ1v) is 10.4. The quantitative estimate of drug-likeness (QED) is 0.212. The molecule has 3 nitrogen and oxygen atoms in total. The van der Waals surface area contributed by atoms with Gasteiger partial charge in [-0.3, -0.25) is 9.59 Å². The van der Waals surface area contributed by atoms with E-state index in [2.05, 4.69) is 0 Å². The Kier molecular flexibility index (Phi) is 6.92. The number of furan rings is 1. The molecule has 5 heteroatoms. The van der Waals surface area contributed by atoms with Gasteiger partial charge in [0.25, 0.3) is 0 Å². The minimum atomic E-state index is 0.102. The molecule has 3 rings (SSSR count). The van der Waals surface area contributed by atoms with E-state index >= 15 is 0 Å². The van der Waals surface area contributed by atoms with Crippen molar-refractivity contribution >= 4 is 56.7 Å². The van der Waals surface area contributed by atoms with E-state index in [4.69, 9.17) is 27.6 Å². The monoisotopic (exact) mass is 404 g/mol. The normalized spacial score (nSPS) is 11.3. The second-order valence-electron chi connectivity index (χ2n) is 6.66. The summed E-state index contributed by atoms with van der Waals surface area (Å²) in [5, 5.41) is 1.73. The van der Waals surface area contributed by atoms with Crippen LogP contribution in [0, 0.1) is 0 Å². The Hall–Kier alpha value is -1.84. The summed E-state index contributed by atoms with van der Waals surface area (Å²) in [6.45, 7) is 0. The first kappa shape index (κ1) is 19.9. The second-order valence-corrected chi connectivity index (χ2v) is 7.42. The number of Topliss-reactive ketones (excluding diaryl/α,β-unsaturated/α-hetero) is 2. The zero-order valence-corrected chi connectivity index (χ0v) is 16.6. The number of hydrogen-bond acceptors (Lipinski definition) is 3. The van der Waals surface area contributed by atoms with Gasteiger partial charge in [-0.15, -0.1) is 23.2 Å². The number of rotatable bonds is 10. The van der Waals surface area contributed by atoms with E-state index in [0.717, 1.165) is 36.5 Å². The maximum Gasteiger partial charge on any atom is 0.162 e. The number of fused-ring (bicyclic) bond motifs is 3. The highest BCUT2D eigenvalue weighted by Crippen LogP contribution is 2.31. The number of unbranched alkanes of at least 4 members (excludes halogenated alkanes) is 2. The number of carbonyl (C=O) groups excluding carboxylic acids is 2. The van der Waals surface area contributed by atoms with Crippen molar-refractivity contribution < 1.29 is 14.0 Å². The lowest BCUT2D eigenvalue weighted by atomic mass is 10.0. The molecule has 0 atom stereocenters. The van der Waals surface area contributed by atoms with Gasteiger partial charge in [-0.25, -0.2) is 0 Å². The van der Waals surface area contributed by atoms with Gasteiger partial charge in [0.1, 0.15) is 11.2 Å². The molecule has 0 aliphatic carbocycles. The summed E-state index contributed by atoms with van der Waals surface area (Å²) in [7, 11) is 0. The van der Waals surface area contributed by atoms with E-state index in [9.17, 15) is 9.59 Å². The SMILES string of the molecule is O=C(CCCCCl)c1ccc2oc3ccc(C(=O)CCCCCl)cc3c2c1. The Morgan fingerprint density at radius 3 is 1.56 bits per heavy atom. The molecule has 142 valence electrons. The molecule has 3 aromatic rings. The van der Waals surface area contributed by atoms with Gasteiger partial charge in [0.05, 0.1) is 0 Å². The van der Waals surface area contributed by atoms with Crippen LogP contribution in [-0.4, -0.2) is 23.3 Å². The number of benzene rings is 2.